The number of aliphatic imine (C=N–C) groups is 1. The maximum Gasteiger partial charge on any atom is 0.487 e. The van der Waals surface area contributed by atoms with Crippen molar-refractivity contribution >= 4 is 51.7 Å². The van der Waals surface area contributed by atoms with Gasteiger partial charge in [0.25, 0.3) is 0 Å². The zero-order chi connectivity index (χ0) is 27.1. The van der Waals surface area contributed by atoms with Crippen LogP contribution in [0.25, 0.3) is 0 Å². The van der Waals surface area contributed by atoms with Crippen molar-refractivity contribution in [1.82, 2.24) is 4.90 Å². The van der Waals surface area contributed by atoms with E-state index < -0.39 is 10.8 Å². The molecule has 0 aliphatic carbocycles. The Morgan fingerprint density at radius 1 is 1.11 bits per heavy atom. The molecule has 3 aromatic carbocycles. The normalized spacial score (nSPS) is 16.8. The molecule has 0 aromatic heterocycles. The first-order valence-electron chi connectivity index (χ1n) is 11.7. The summed E-state index contributed by atoms with van der Waals surface area (Å²) in [6.45, 7) is 2.62. The number of nitrogens with zero attached hydrogens (tertiary/aromatic N) is 2. The fourth-order valence-corrected chi connectivity index (χ4v) is 4.84. The summed E-state index contributed by atoms with van der Waals surface area (Å²) in [4.78, 5) is 32.4. The van der Waals surface area contributed by atoms with Gasteiger partial charge in [-0.25, -0.2) is 4.99 Å². The number of carbonyl (C=O) groups excluding carboxylic acids is 2. The highest BCUT2D eigenvalue weighted by Gasteiger charge is 2.36. The number of thioether (sulfide) groups is 1. The number of carbonyl (C=O) groups is 2. The van der Waals surface area contributed by atoms with Crippen molar-refractivity contribution in [2.75, 3.05) is 11.9 Å². The molecule has 4 rings (SSSR count). The van der Waals surface area contributed by atoms with E-state index in [1.807, 2.05) is 37.3 Å². The van der Waals surface area contributed by atoms with Gasteiger partial charge in [-0.05, 0) is 48.9 Å². The summed E-state index contributed by atoms with van der Waals surface area (Å²) in [7, 11) is 0. The number of nitrogens with one attached hydrogen (secondary N) is 1. The van der Waals surface area contributed by atoms with Crippen LogP contribution in [0.1, 0.15) is 18.9 Å². The van der Waals surface area contributed by atoms with Crippen LogP contribution in [0.15, 0.2) is 83.9 Å². The van der Waals surface area contributed by atoms with Gasteiger partial charge in [-0.1, -0.05) is 48.2 Å². The van der Waals surface area contributed by atoms with Crippen LogP contribution in [0.2, 0.25) is 0 Å². The van der Waals surface area contributed by atoms with Crippen molar-refractivity contribution in [3.05, 3.63) is 84.4 Å². The molecule has 0 radical (unpaired) electrons. The summed E-state index contributed by atoms with van der Waals surface area (Å²) in [6, 6.07) is 21.9. The first kappa shape index (κ1) is 27.4. The minimum Gasteiger partial charge on any atom is -0.494 e. The highest BCUT2D eigenvalue weighted by Crippen LogP contribution is 2.32. The van der Waals surface area contributed by atoms with Crippen LogP contribution < -0.4 is 14.8 Å². The van der Waals surface area contributed by atoms with Crippen molar-refractivity contribution in [1.29, 1.82) is 0 Å². The lowest BCUT2D eigenvalue weighted by molar-refractivity contribution is -0.129. The van der Waals surface area contributed by atoms with Crippen molar-refractivity contribution in [3.8, 4) is 11.5 Å². The quantitative estimate of drug-likeness (QED) is 0.306. The first-order valence-corrected chi connectivity index (χ1v) is 12.9. The van der Waals surface area contributed by atoms with Gasteiger partial charge < -0.3 is 14.8 Å². The lowest BCUT2D eigenvalue weighted by atomic mass is 10.2. The zero-order valence-corrected chi connectivity index (χ0v) is 21.8. The Balaban J connectivity index is 1.57. The van der Waals surface area contributed by atoms with Crippen molar-refractivity contribution in [3.63, 3.8) is 0 Å². The van der Waals surface area contributed by atoms with Crippen LogP contribution in [0, 0.1) is 0 Å². The van der Waals surface area contributed by atoms with Gasteiger partial charge in [-0.3, -0.25) is 14.5 Å². The predicted molar refractivity (Wildman–Crippen MR) is 144 cm³/mol. The summed E-state index contributed by atoms with van der Waals surface area (Å²) in [6.07, 6.45) is -0.0227. The monoisotopic (exact) mass is 559 g/mol. The van der Waals surface area contributed by atoms with Crippen molar-refractivity contribution in [2.45, 2.75) is 30.7 Å². The average Bonchev–Trinajstić information content (AvgIpc) is 2.87. The lowest BCUT2D eigenvalue weighted by Gasteiger charge is -2.32. The Kier molecular flexibility index (Phi) is 8.85. The van der Waals surface area contributed by atoms with E-state index in [0.29, 0.717) is 28.9 Å². The van der Waals surface area contributed by atoms with Gasteiger partial charge in [-0.2, -0.15) is 0 Å². The maximum absolute atomic E-state index is 13.2. The number of hydrogen-bond acceptors (Lipinski definition) is 6. The highest BCUT2D eigenvalue weighted by molar-refractivity contribution is 8.15. The molecule has 1 N–H and O–H groups in total. The van der Waals surface area contributed by atoms with E-state index in [1.165, 1.54) is 29.2 Å². The van der Waals surface area contributed by atoms with Gasteiger partial charge >= 0.3 is 5.57 Å². The van der Waals surface area contributed by atoms with Gasteiger partial charge in [0.1, 0.15) is 16.7 Å². The Labute approximate surface area is 227 Å². The Hall–Kier alpha value is -3.63. The molecule has 1 atom stereocenters. The van der Waals surface area contributed by atoms with Gasteiger partial charge in [0.05, 0.1) is 18.8 Å². The van der Waals surface area contributed by atoms with E-state index >= 15 is 0 Å². The van der Waals surface area contributed by atoms with Crippen LogP contribution in [0.4, 0.5) is 20.2 Å². The molecule has 11 heteroatoms. The van der Waals surface area contributed by atoms with Crippen LogP contribution in [-0.4, -0.2) is 39.3 Å². The zero-order valence-electron chi connectivity index (χ0n) is 20.3. The molecule has 1 aliphatic heterocycles. The number of anilines is 1. The summed E-state index contributed by atoms with van der Waals surface area (Å²) < 4.78 is 35.7. The van der Waals surface area contributed by atoms with Gasteiger partial charge in [0.15, 0.2) is 5.17 Å². The molecule has 0 bridgehead atoms. The molecule has 1 heterocycles. The molecular weight excluding hydrogens is 536 g/mol. The second kappa shape index (κ2) is 12.3. The summed E-state index contributed by atoms with van der Waals surface area (Å²) in [5.74, 6) is -0.143. The average molecular weight is 560 g/mol. The molecule has 7 nitrogen and oxygen atoms in total. The number of hydrogen-bond donors (Lipinski definition) is 1. The number of amidine groups is 1. The molecule has 2 amide bonds. The van der Waals surface area contributed by atoms with E-state index in [4.69, 9.17) is 16.3 Å². The second-order valence-corrected chi connectivity index (χ2v) is 9.77. The molecule has 1 fully saturated rings. The molecule has 0 unspecified atom stereocenters. The Morgan fingerprint density at radius 3 is 2.53 bits per heavy atom. The third kappa shape index (κ3) is 7.69. The first-order chi connectivity index (χ1) is 18.2. The third-order valence-corrected chi connectivity index (χ3v) is 6.59. The largest absolute Gasteiger partial charge is 0.494 e. The number of alkyl halides is 3. The van der Waals surface area contributed by atoms with E-state index in [2.05, 4.69) is 15.0 Å². The van der Waals surface area contributed by atoms with E-state index in [1.54, 1.807) is 24.3 Å². The standard InChI is InChI=1S/C27H24ClF2N3O4S/c1-2-36-22-10-6-9-20(15-22)31-25(35)23-16-24(34)33(17-18-7-4-3-5-8-18)26(38-23)32-19-11-13-21(14-12-19)37-27(28,29)30/h3-15,23H,2,16-17H2,1H3,(H,31,35)/t23-/m0/s1. The minimum absolute atomic E-state index is 0.0227. The fourth-order valence-electron chi connectivity index (χ4n) is 3.65. The van der Waals surface area contributed by atoms with E-state index in [0.717, 1.165) is 17.3 Å². The van der Waals surface area contributed by atoms with Crippen LogP contribution in [-0.2, 0) is 16.1 Å². The number of halogens is 3. The number of ether oxygens (including phenoxy) is 2. The SMILES string of the molecule is CCOc1cccc(NC(=O)[C@@H]2CC(=O)N(Cc3ccccc3)C(=Nc3ccc(OC(F)(F)Cl)cc3)S2)c1. The number of benzene rings is 3. The summed E-state index contributed by atoms with van der Waals surface area (Å²) in [5.41, 5.74) is -2.02. The third-order valence-electron chi connectivity index (χ3n) is 5.32. The molecular formula is C27H24ClF2N3O4S. The van der Waals surface area contributed by atoms with Crippen molar-refractivity contribution in [2.24, 2.45) is 4.99 Å². The molecule has 1 aliphatic rings. The second-order valence-electron chi connectivity index (χ2n) is 8.16. The molecule has 38 heavy (non-hydrogen) atoms. The fraction of sp³-hybridized carbons (Fsp3) is 0.222. The van der Waals surface area contributed by atoms with Gasteiger partial charge in [0.2, 0.25) is 11.8 Å². The smallest absolute Gasteiger partial charge is 0.487 e. The molecule has 3 aromatic rings. The van der Waals surface area contributed by atoms with Crippen LogP contribution in [0.5, 0.6) is 11.5 Å². The number of rotatable bonds is 9. The minimum atomic E-state index is -3.84. The van der Waals surface area contributed by atoms with E-state index in [9.17, 15) is 18.4 Å². The molecule has 0 saturated carbocycles. The Bertz CT molecular complexity index is 1300. The highest BCUT2D eigenvalue weighted by atomic mass is 35.5. The molecule has 0 spiro atoms. The van der Waals surface area contributed by atoms with Gasteiger partial charge in [0, 0.05) is 29.8 Å². The number of amides is 2. The molecule has 198 valence electrons. The predicted octanol–water partition coefficient (Wildman–Crippen LogP) is 6.41. The van der Waals surface area contributed by atoms with Crippen LogP contribution in [0.3, 0.4) is 0 Å². The maximum atomic E-state index is 13.2. The topological polar surface area (TPSA) is 80.2 Å². The van der Waals surface area contributed by atoms with E-state index in [-0.39, 0.29) is 30.5 Å². The Morgan fingerprint density at radius 2 is 1.84 bits per heavy atom. The van der Waals surface area contributed by atoms with Gasteiger partial charge in [-0.15, -0.1) is 8.78 Å². The summed E-state index contributed by atoms with van der Waals surface area (Å²) >= 11 is 5.98. The summed E-state index contributed by atoms with van der Waals surface area (Å²) in [5, 5.41) is 2.42. The van der Waals surface area contributed by atoms with Crippen molar-refractivity contribution < 1.29 is 27.8 Å². The molecule has 1 saturated heterocycles. The lowest BCUT2D eigenvalue weighted by Crippen LogP contribution is -2.44. The van der Waals surface area contributed by atoms with Crippen LogP contribution >= 0.6 is 23.4 Å².